The minimum Gasteiger partial charge on any atom is -0.353 e. The van der Waals surface area contributed by atoms with Gasteiger partial charge in [0.2, 0.25) is 11.8 Å². The van der Waals surface area contributed by atoms with Crippen molar-refractivity contribution < 1.29 is 9.59 Å². The van der Waals surface area contributed by atoms with Crippen LogP contribution >= 0.6 is 0 Å². The first kappa shape index (κ1) is 19.9. The standard InChI is InChI=1S/C24H31N3O2/c1-5-19(6-2)25-24(29)18-10-16-11-20(26(4)13-18)12-17-14-27(15(3)28)22-9-7-8-21(16)23(17)22/h7-10,14,18-20H,5-6,11-13H2,1-4H3,(H,25,29)/t18-,20-/m1/s1. The maximum atomic E-state index is 13.0. The second-order valence-corrected chi connectivity index (χ2v) is 8.57. The van der Waals surface area contributed by atoms with E-state index in [1.165, 1.54) is 22.1 Å². The fraction of sp³-hybridized carbons (Fsp3) is 0.500. The Bertz CT molecular complexity index is 983. The summed E-state index contributed by atoms with van der Waals surface area (Å²) in [5.41, 5.74) is 4.61. The SMILES string of the molecule is CCC(CC)NC(=O)[C@@H]1C=C2C[C@H](Cc3cn(C(C)=O)c4cccc2c34)N(C)C1. The Morgan fingerprint density at radius 2 is 1.97 bits per heavy atom. The molecule has 29 heavy (non-hydrogen) atoms. The van der Waals surface area contributed by atoms with Crippen LogP contribution in [0.1, 0.15) is 56.0 Å². The third-order valence-corrected chi connectivity index (χ3v) is 6.68. The molecule has 1 aliphatic heterocycles. The number of hydrogen-bond acceptors (Lipinski definition) is 3. The highest BCUT2D eigenvalue weighted by Crippen LogP contribution is 2.39. The van der Waals surface area contributed by atoms with Crippen LogP contribution in [0.4, 0.5) is 0 Å². The fourth-order valence-corrected chi connectivity index (χ4v) is 4.93. The first-order chi connectivity index (χ1) is 13.9. The molecule has 0 fully saturated rings. The molecule has 2 aromatic rings. The minimum atomic E-state index is -0.160. The van der Waals surface area contributed by atoms with Gasteiger partial charge >= 0.3 is 0 Å². The van der Waals surface area contributed by atoms with Crippen LogP contribution in [-0.4, -0.2) is 47.0 Å². The number of carbonyl (C=O) groups is 2. The van der Waals surface area contributed by atoms with E-state index in [4.69, 9.17) is 0 Å². The first-order valence-electron chi connectivity index (χ1n) is 10.8. The van der Waals surface area contributed by atoms with Crippen LogP contribution < -0.4 is 5.32 Å². The number of amides is 1. The van der Waals surface area contributed by atoms with Crippen molar-refractivity contribution in [3.63, 3.8) is 0 Å². The molecule has 0 radical (unpaired) electrons. The van der Waals surface area contributed by atoms with Gasteiger partial charge in [-0.05, 0) is 55.5 Å². The van der Waals surface area contributed by atoms with E-state index in [0.717, 1.165) is 37.7 Å². The molecule has 1 aromatic heterocycles. The molecule has 4 rings (SSSR count). The van der Waals surface area contributed by atoms with E-state index in [1.807, 2.05) is 18.3 Å². The molecule has 0 spiro atoms. The van der Waals surface area contributed by atoms with Crippen molar-refractivity contribution in [3.8, 4) is 0 Å². The van der Waals surface area contributed by atoms with Gasteiger partial charge in [-0.2, -0.15) is 0 Å². The molecule has 0 saturated carbocycles. The van der Waals surface area contributed by atoms with Gasteiger partial charge in [0, 0.05) is 37.1 Å². The van der Waals surface area contributed by atoms with Crippen LogP contribution in [0.5, 0.6) is 0 Å². The van der Waals surface area contributed by atoms with Crippen molar-refractivity contribution in [2.75, 3.05) is 13.6 Å². The van der Waals surface area contributed by atoms with Crippen LogP contribution in [0.3, 0.4) is 0 Å². The lowest BCUT2D eigenvalue weighted by molar-refractivity contribution is -0.124. The van der Waals surface area contributed by atoms with E-state index < -0.39 is 0 Å². The number of aromatic nitrogens is 1. The lowest BCUT2D eigenvalue weighted by Crippen LogP contribution is -2.43. The molecule has 2 atom stereocenters. The van der Waals surface area contributed by atoms with E-state index in [2.05, 4.69) is 43.3 Å². The van der Waals surface area contributed by atoms with Crippen molar-refractivity contribution in [3.05, 3.63) is 41.6 Å². The average Bonchev–Trinajstić information content (AvgIpc) is 2.89. The highest BCUT2D eigenvalue weighted by atomic mass is 16.2. The van der Waals surface area contributed by atoms with E-state index in [9.17, 15) is 9.59 Å². The molecule has 5 heteroatoms. The molecule has 1 N–H and O–H groups in total. The van der Waals surface area contributed by atoms with Crippen LogP contribution in [0.15, 0.2) is 30.5 Å². The Labute approximate surface area is 172 Å². The van der Waals surface area contributed by atoms with Gasteiger partial charge in [-0.3, -0.25) is 14.2 Å². The molecule has 154 valence electrons. The second-order valence-electron chi connectivity index (χ2n) is 8.57. The number of nitrogens with zero attached hydrogens (tertiary/aromatic N) is 2. The first-order valence-corrected chi connectivity index (χ1v) is 10.8. The third kappa shape index (κ3) is 3.52. The van der Waals surface area contributed by atoms with Crippen LogP contribution in [0.2, 0.25) is 0 Å². The fourth-order valence-electron chi connectivity index (χ4n) is 4.93. The highest BCUT2D eigenvalue weighted by Gasteiger charge is 2.32. The molecule has 0 unspecified atom stereocenters. The van der Waals surface area contributed by atoms with Crippen molar-refractivity contribution in [2.45, 2.75) is 58.5 Å². The molecule has 1 aliphatic carbocycles. The van der Waals surface area contributed by atoms with Crippen LogP contribution in [0, 0.1) is 5.92 Å². The molecule has 1 aromatic carbocycles. The summed E-state index contributed by atoms with van der Waals surface area (Å²) < 4.78 is 1.77. The predicted molar refractivity (Wildman–Crippen MR) is 117 cm³/mol. The normalized spacial score (nSPS) is 21.6. The smallest absolute Gasteiger partial charge is 0.228 e. The quantitative estimate of drug-likeness (QED) is 0.858. The highest BCUT2D eigenvalue weighted by molar-refractivity contribution is 6.01. The number of fused-ring (bicyclic) bond motifs is 3. The molecule has 5 nitrogen and oxygen atoms in total. The Morgan fingerprint density at radius 3 is 2.66 bits per heavy atom. The third-order valence-electron chi connectivity index (χ3n) is 6.68. The van der Waals surface area contributed by atoms with E-state index in [0.29, 0.717) is 6.04 Å². The van der Waals surface area contributed by atoms with E-state index >= 15 is 0 Å². The Morgan fingerprint density at radius 1 is 1.21 bits per heavy atom. The van der Waals surface area contributed by atoms with Crippen LogP contribution in [-0.2, 0) is 11.2 Å². The van der Waals surface area contributed by atoms with Gasteiger partial charge in [0.1, 0.15) is 0 Å². The van der Waals surface area contributed by atoms with Gasteiger partial charge in [0.15, 0.2) is 0 Å². The number of likely N-dealkylation sites (N-methyl/N-ethyl adjacent to an activating group) is 1. The zero-order chi connectivity index (χ0) is 20.7. The summed E-state index contributed by atoms with van der Waals surface area (Å²) in [4.78, 5) is 27.5. The van der Waals surface area contributed by atoms with Crippen molar-refractivity contribution in [1.82, 2.24) is 14.8 Å². The number of nitrogens with one attached hydrogen (secondary N) is 1. The molecular weight excluding hydrogens is 362 g/mol. The monoisotopic (exact) mass is 393 g/mol. The summed E-state index contributed by atoms with van der Waals surface area (Å²) in [5, 5.41) is 4.41. The average molecular weight is 394 g/mol. The molecule has 2 bridgehead atoms. The minimum absolute atomic E-state index is 0.0340. The summed E-state index contributed by atoms with van der Waals surface area (Å²) >= 11 is 0. The van der Waals surface area contributed by atoms with Crippen molar-refractivity contribution in [2.24, 2.45) is 5.92 Å². The Hall–Kier alpha value is -2.40. The van der Waals surface area contributed by atoms with Gasteiger partial charge in [-0.15, -0.1) is 0 Å². The molecule has 0 saturated heterocycles. The van der Waals surface area contributed by atoms with E-state index in [-0.39, 0.29) is 23.8 Å². The topological polar surface area (TPSA) is 54.3 Å². The number of benzene rings is 1. The Balaban J connectivity index is 1.80. The number of carbonyl (C=O) groups excluding carboxylic acids is 2. The lowest BCUT2D eigenvalue weighted by atomic mass is 9.95. The van der Waals surface area contributed by atoms with E-state index in [1.54, 1.807) is 11.5 Å². The zero-order valence-electron chi connectivity index (χ0n) is 17.9. The van der Waals surface area contributed by atoms with Gasteiger partial charge in [0.25, 0.3) is 0 Å². The maximum Gasteiger partial charge on any atom is 0.228 e. The van der Waals surface area contributed by atoms with Gasteiger partial charge in [-0.25, -0.2) is 0 Å². The summed E-state index contributed by atoms with van der Waals surface area (Å²) in [5.74, 6) is -0.00279. The second kappa shape index (κ2) is 7.79. The zero-order valence-corrected chi connectivity index (χ0v) is 17.9. The summed E-state index contributed by atoms with van der Waals surface area (Å²) in [6.45, 7) is 6.56. The summed E-state index contributed by atoms with van der Waals surface area (Å²) in [7, 11) is 2.12. The van der Waals surface area contributed by atoms with Crippen molar-refractivity contribution >= 4 is 28.3 Å². The summed E-state index contributed by atoms with van der Waals surface area (Å²) in [6, 6.07) is 6.75. The number of rotatable bonds is 4. The number of hydrogen-bond donors (Lipinski definition) is 1. The van der Waals surface area contributed by atoms with Gasteiger partial charge in [-0.1, -0.05) is 32.1 Å². The van der Waals surface area contributed by atoms with Crippen molar-refractivity contribution in [1.29, 1.82) is 0 Å². The van der Waals surface area contributed by atoms with Gasteiger partial charge in [0.05, 0.1) is 11.4 Å². The lowest BCUT2D eigenvalue weighted by Gasteiger charge is -2.28. The molecule has 1 amide bonds. The summed E-state index contributed by atoms with van der Waals surface area (Å²) in [6.07, 6.45) is 7.92. The molecule has 2 aliphatic rings. The molecule has 2 heterocycles. The largest absolute Gasteiger partial charge is 0.353 e. The van der Waals surface area contributed by atoms with Crippen LogP contribution in [0.25, 0.3) is 16.5 Å². The van der Waals surface area contributed by atoms with Gasteiger partial charge < -0.3 is 10.2 Å². The predicted octanol–water partition coefficient (Wildman–Crippen LogP) is 3.87. The Kier molecular flexibility index (Phi) is 5.34. The maximum absolute atomic E-state index is 13.0. The molecular formula is C24H31N3O2.